The van der Waals surface area contributed by atoms with E-state index in [4.69, 9.17) is 5.11 Å². The van der Waals surface area contributed by atoms with Gasteiger partial charge in [-0.25, -0.2) is 0 Å². The van der Waals surface area contributed by atoms with Gasteiger partial charge in [-0.1, -0.05) is 37.6 Å². The van der Waals surface area contributed by atoms with E-state index in [2.05, 4.69) is 10.6 Å². The van der Waals surface area contributed by atoms with Crippen molar-refractivity contribution in [3.8, 4) is 0 Å². The predicted molar refractivity (Wildman–Crippen MR) is 134 cm³/mol. The van der Waals surface area contributed by atoms with Crippen LogP contribution in [-0.2, 0) is 15.8 Å². The molecule has 2 aliphatic rings. The Kier molecular flexibility index (Phi) is 8.10. The van der Waals surface area contributed by atoms with E-state index in [-0.39, 0.29) is 30.8 Å². The normalized spacial score (nSPS) is 19.9. The Hall–Kier alpha value is -3.40. The van der Waals surface area contributed by atoms with Crippen LogP contribution < -0.4 is 10.6 Å². The van der Waals surface area contributed by atoms with Gasteiger partial charge in [-0.15, -0.1) is 0 Å². The second-order valence-corrected chi connectivity index (χ2v) is 9.94. The van der Waals surface area contributed by atoms with Gasteiger partial charge in [-0.2, -0.15) is 13.2 Å². The summed E-state index contributed by atoms with van der Waals surface area (Å²) in [5, 5.41) is 14.8. The van der Waals surface area contributed by atoms with Crippen molar-refractivity contribution in [3.05, 3.63) is 70.8 Å². The van der Waals surface area contributed by atoms with Crippen molar-refractivity contribution in [2.45, 2.75) is 75.8 Å². The van der Waals surface area contributed by atoms with Gasteiger partial charge in [0, 0.05) is 12.1 Å². The zero-order valence-corrected chi connectivity index (χ0v) is 21.2. The molecule has 7 nitrogen and oxygen atoms in total. The van der Waals surface area contributed by atoms with Crippen molar-refractivity contribution in [1.29, 1.82) is 0 Å². The van der Waals surface area contributed by atoms with Gasteiger partial charge in [0.25, 0.3) is 5.91 Å². The summed E-state index contributed by atoms with van der Waals surface area (Å²) in [5.74, 6) is -1.55. The molecule has 1 spiro atoms. The minimum atomic E-state index is -4.45. The van der Waals surface area contributed by atoms with Crippen molar-refractivity contribution in [1.82, 2.24) is 15.5 Å². The highest BCUT2D eigenvalue weighted by Gasteiger charge is 2.53. The summed E-state index contributed by atoms with van der Waals surface area (Å²) in [6.45, 7) is 2.00. The molecule has 3 N–H and O–H groups in total. The maximum Gasteiger partial charge on any atom is 0.416 e. The first-order chi connectivity index (χ1) is 18.1. The number of rotatable bonds is 8. The molecule has 2 aromatic carbocycles. The Morgan fingerprint density at radius 3 is 2.26 bits per heavy atom. The monoisotopic (exact) mass is 531 g/mol. The number of carbonyl (C=O) groups is 3. The summed E-state index contributed by atoms with van der Waals surface area (Å²) in [7, 11) is 0. The number of alkyl halides is 3. The van der Waals surface area contributed by atoms with E-state index in [1.807, 2.05) is 11.8 Å². The third-order valence-corrected chi connectivity index (χ3v) is 7.49. The maximum atomic E-state index is 13.9. The van der Waals surface area contributed by atoms with Gasteiger partial charge < -0.3 is 15.3 Å². The van der Waals surface area contributed by atoms with Crippen LogP contribution in [0.2, 0.25) is 0 Å². The van der Waals surface area contributed by atoms with Crippen molar-refractivity contribution in [2.24, 2.45) is 0 Å². The van der Waals surface area contributed by atoms with Crippen LogP contribution >= 0.6 is 0 Å². The zero-order chi connectivity index (χ0) is 27.5. The van der Waals surface area contributed by atoms with Crippen LogP contribution in [0.25, 0.3) is 0 Å². The number of nitrogens with zero attached hydrogens (tertiary/aromatic N) is 1. The van der Waals surface area contributed by atoms with Crippen molar-refractivity contribution in [2.75, 3.05) is 6.54 Å². The van der Waals surface area contributed by atoms with Crippen LogP contribution in [0.15, 0.2) is 48.5 Å². The second kappa shape index (κ2) is 11.1. The van der Waals surface area contributed by atoms with Crippen LogP contribution in [0.5, 0.6) is 0 Å². The van der Waals surface area contributed by atoms with Crippen LogP contribution in [0.1, 0.15) is 91.0 Å². The highest BCUT2D eigenvalue weighted by atomic mass is 19.4. The fourth-order valence-corrected chi connectivity index (χ4v) is 5.62. The molecule has 1 saturated carbocycles. The largest absolute Gasteiger partial charge is 0.481 e. The van der Waals surface area contributed by atoms with E-state index in [1.54, 1.807) is 24.3 Å². The summed E-state index contributed by atoms with van der Waals surface area (Å²) in [4.78, 5) is 38.8. The van der Waals surface area contributed by atoms with E-state index < -0.39 is 29.4 Å². The molecule has 1 aliphatic carbocycles. The number of hydrogen-bond acceptors (Lipinski definition) is 4. The maximum absolute atomic E-state index is 13.9. The van der Waals surface area contributed by atoms with Gasteiger partial charge >= 0.3 is 12.1 Å². The molecule has 204 valence electrons. The standard InChI is InChI=1S/C28H32F3N3O4/c1-2-22(18-6-8-20(9-7-18)25(37)32-17-14-23(35)36)34-26(38)24(33-27(34)15-4-3-5-16-27)19-10-12-21(13-11-19)28(29,30)31/h6-13,22,24,33H,2-5,14-17H2,1H3,(H,32,37)(H,35,36)/t22-,24?/m1/s1. The second-order valence-electron chi connectivity index (χ2n) is 9.94. The molecule has 2 aromatic rings. The van der Waals surface area contributed by atoms with Crippen LogP contribution in [0, 0.1) is 0 Å². The Bertz CT molecular complexity index is 1160. The van der Waals surface area contributed by atoms with Crippen molar-refractivity contribution < 1.29 is 32.7 Å². The van der Waals surface area contributed by atoms with E-state index in [0.29, 0.717) is 17.5 Å². The molecule has 1 saturated heterocycles. The fourth-order valence-electron chi connectivity index (χ4n) is 5.62. The molecule has 2 atom stereocenters. The third-order valence-electron chi connectivity index (χ3n) is 7.49. The lowest BCUT2D eigenvalue weighted by atomic mass is 9.86. The topological polar surface area (TPSA) is 98.7 Å². The molecule has 38 heavy (non-hydrogen) atoms. The van der Waals surface area contributed by atoms with Gasteiger partial charge in [0.15, 0.2) is 0 Å². The first kappa shape index (κ1) is 27.6. The first-order valence-electron chi connectivity index (χ1n) is 12.9. The highest BCUT2D eigenvalue weighted by molar-refractivity contribution is 5.94. The minimum absolute atomic E-state index is 0.0231. The first-order valence-corrected chi connectivity index (χ1v) is 12.9. The highest BCUT2D eigenvalue weighted by Crippen LogP contribution is 2.46. The summed E-state index contributed by atoms with van der Waals surface area (Å²) < 4.78 is 39.3. The quantitative estimate of drug-likeness (QED) is 0.435. The van der Waals surface area contributed by atoms with Crippen LogP contribution in [0.3, 0.4) is 0 Å². The lowest BCUT2D eigenvalue weighted by Gasteiger charge is -2.45. The number of hydrogen-bond donors (Lipinski definition) is 3. The number of carboxylic acids is 1. The molecular weight excluding hydrogens is 499 g/mol. The molecule has 1 aliphatic heterocycles. The Labute approximate surface area is 219 Å². The number of aliphatic carboxylic acids is 1. The summed E-state index contributed by atoms with van der Waals surface area (Å²) in [5.41, 5.74) is 0.377. The lowest BCUT2D eigenvalue weighted by Crippen LogP contribution is -2.54. The third kappa shape index (κ3) is 5.70. The Morgan fingerprint density at radius 1 is 1.08 bits per heavy atom. The van der Waals surface area contributed by atoms with Gasteiger partial charge in [0.05, 0.1) is 23.7 Å². The summed E-state index contributed by atoms with van der Waals surface area (Å²) in [6, 6.07) is 10.6. The van der Waals surface area contributed by atoms with Gasteiger partial charge in [-0.05, 0) is 67.5 Å². The molecule has 0 aromatic heterocycles. The molecule has 2 fully saturated rings. The van der Waals surface area contributed by atoms with Crippen molar-refractivity contribution >= 4 is 17.8 Å². The molecule has 0 bridgehead atoms. The zero-order valence-electron chi connectivity index (χ0n) is 21.2. The molecule has 0 radical (unpaired) electrons. The number of halogens is 3. The Balaban J connectivity index is 1.60. The van der Waals surface area contributed by atoms with Gasteiger partial charge in [0.2, 0.25) is 5.91 Å². The van der Waals surface area contributed by atoms with E-state index in [1.165, 1.54) is 12.1 Å². The Morgan fingerprint density at radius 2 is 1.71 bits per heavy atom. The average Bonchev–Trinajstić information content (AvgIpc) is 3.16. The molecule has 1 heterocycles. The summed E-state index contributed by atoms with van der Waals surface area (Å²) in [6.07, 6.45) is 0.401. The lowest BCUT2D eigenvalue weighted by molar-refractivity contribution is -0.138. The van der Waals surface area contributed by atoms with E-state index >= 15 is 0 Å². The molecular formula is C28H32F3N3O4. The number of amides is 2. The average molecular weight is 532 g/mol. The molecule has 4 rings (SSSR count). The smallest absolute Gasteiger partial charge is 0.416 e. The minimum Gasteiger partial charge on any atom is -0.481 e. The van der Waals surface area contributed by atoms with E-state index in [0.717, 1.165) is 49.8 Å². The fraction of sp³-hybridized carbons (Fsp3) is 0.464. The summed E-state index contributed by atoms with van der Waals surface area (Å²) >= 11 is 0. The van der Waals surface area contributed by atoms with Gasteiger partial charge in [-0.3, -0.25) is 19.7 Å². The van der Waals surface area contributed by atoms with Crippen LogP contribution in [-0.4, -0.2) is 40.0 Å². The number of nitrogens with one attached hydrogen (secondary N) is 2. The molecule has 10 heteroatoms. The predicted octanol–water partition coefficient (Wildman–Crippen LogP) is 5.19. The molecule has 1 unspecified atom stereocenters. The number of carbonyl (C=O) groups excluding carboxylic acids is 2. The van der Waals surface area contributed by atoms with E-state index in [9.17, 15) is 27.6 Å². The molecule has 2 amide bonds. The van der Waals surface area contributed by atoms with Crippen molar-refractivity contribution in [3.63, 3.8) is 0 Å². The van der Waals surface area contributed by atoms with Crippen LogP contribution in [0.4, 0.5) is 13.2 Å². The SMILES string of the molecule is CC[C@H](c1ccc(C(=O)NCCC(=O)O)cc1)N1C(=O)C(c2ccc(C(F)(F)F)cc2)NC12CCCCC2. The van der Waals surface area contributed by atoms with Gasteiger partial charge in [0.1, 0.15) is 6.04 Å². The number of benzene rings is 2. The number of carboxylic acid groups (broad SMARTS) is 1.